The van der Waals surface area contributed by atoms with Gasteiger partial charge in [-0.2, -0.15) is 0 Å². The maximum absolute atomic E-state index is 5.64. The number of nitrogens with zero attached hydrogens (tertiary/aromatic N) is 1. The summed E-state index contributed by atoms with van der Waals surface area (Å²) in [5.41, 5.74) is 6.65. The molecule has 4 nitrogen and oxygen atoms in total. The van der Waals surface area contributed by atoms with Crippen molar-refractivity contribution < 1.29 is 4.74 Å². The Bertz CT molecular complexity index is 214. The van der Waals surface area contributed by atoms with E-state index in [0.717, 1.165) is 38.2 Å². The van der Waals surface area contributed by atoms with E-state index in [1.807, 2.05) is 6.92 Å². The molecule has 3 N–H and O–H groups in total. The average Bonchev–Trinajstić information content (AvgIpc) is 2.25. The Morgan fingerprint density at radius 2 is 2.06 bits per heavy atom. The summed E-state index contributed by atoms with van der Waals surface area (Å²) in [7, 11) is 0. The van der Waals surface area contributed by atoms with E-state index in [9.17, 15) is 0 Å². The Labute approximate surface area is 99.0 Å². The minimum atomic E-state index is 0.483. The Kier molecular flexibility index (Phi) is 9.81. The van der Waals surface area contributed by atoms with Gasteiger partial charge in [-0.25, -0.2) is 4.99 Å². The van der Waals surface area contributed by atoms with Gasteiger partial charge in [0.2, 0.25) is 0 Å². The SMILES string of the molecule is C=C(C)CN=C(N)NCCCOCCCC. The number of guanidine groups is 1. The maximum atomic E-state index is 5.64. The topological polar surface area (TPSA) is 59.6 Å². The molecule has 0 aliphatic rings. The van der Waals surface area contributed by atoms with Crippen molar-refractivity contribution in [2.75, 3.05) is 26.3 Å². The summed E-state index contributed by atoms with van der Waals surface area (Å²) >= 11 is 0. The lowest BCUT2D eigenvalue weighted by molar-refractivity contribution is 0.129. The van der Waals surface area contributed by atoms with Crippen LogP contribution in [0.3, 0.4) is 0 Å². The first-order valence-corrected chi connectivity index (χ1v) is 5.92. The number of rotatable bonds is 9. The molecule has 94 valence electrons. The van der Waals surface area contributed by atoms with Crippen molar-refractivity contribution in [3.8, 4) is 0 Å². The summed E-state index contributed by atoms with van der Waals surface area (Å²) in [5.74, 6) is 0.483. The van der Waals surface area contributed by atoms with Gasteiger partial charge in [0.05, 0.1) is 6.54 Å². The number of hydrogen-bond acceptors (Lipinski definition) is 2. The van der Waals surface area contributed by atoms with Crippen LogP contribution in [-0.4, -0.2) is 32.3 Å². The molecule has 16 heavy (non-hydrogen) atoms. The van der Waals surface area contributed by atoms with Gasteiger partial charge in [-0.3, -0.25) is 0 Å². The van der Waals surface area contributed by atoms with E-state index in [1.54, 1.807) is 0 Å². The Morgan fingerprint density at radius 3 is 2.69 bits per heavy atom. The van der Waals surface area contributed by atoms with Gasteiger partial charge in [-0.1, -0.05) is 25.5 Å². The second-order valence-electron chi connectivity index (χ2n) is 3.90. The van der Waals surface area contributed by atoms with Crippen LogP contribution in [0, 0.1) is 0 Å². The molecule has 0 aromatic carbocycles. The third kappa shape index (κ3) is 11.0. The van der Waals surface area contributed by atoms with E-state index in [2.05, 4.69) is 23.8 Å². The summed E-state index contributed by atoms with van der Waals surface area (Å²) in [6, 6.07) is 0. The van der Waals surface area contributed by atoms with Gasteiger partial charge in [0, 0.05) is 19.8 Å². The first-order valence-electron chi connectivity index (χ1n) is 5.92. The van der Waals surface area contributed by atoms with E-state index in [4.69, 9.17) is 10.5 Å². The highest BCUT2D eigenvalue weighted by Crippen LogP contribution is 1.89. The summed E-state index contributed by atoms with van der Waals surface area (Å²) in [4.78, 5) is 4.11. The van der Waals surface area contributed by atoms with Crippen molar-refractivity contribution in [1.29, 1.82) is 0 Å². The first kappa shape index (κ1) is 15.0. The fourth-order valence-electron chi connectivity index (χ4n) is 1.02. The summed E-state index contributed by atoms with van der Waals surface area (Å²) in [5, 5.41) is 3.04. The number of aliphatic imine (C=N–C) groups is 1. The molecule has 0 amide bonds. The van der Waals surface area contributed by atoms with Gasteiger partial charge < -0.3 is 15.8 Å². The molecular formula is C12H25N3O. The highest BCUT2D eigenvalue weighted by atomic mass is 16.5. The van der Waals surface area contributed by atoms with Crippen LogP contribution < -0.4 is 11.1 Å². The molecule has 0 fully saturated rings. The van der Waals surface area contributed by atoms with Gasteiger partial charge in [0.1, 0.15) is 0 Å². The number of nitrogens with two attached hydrogens (primary N) is 1. The quantitative estimate of drug-likeness (QED) is 0.273. The molecule has 4 heteroatoms. The molecule has 0 heterocycles. The fraction of sp³-hybridized carbons (Fsp3) is 0.750. The molecule has 0 unspecified atom stereocenters. The van der Waals surface area contributed by atoms with Crippen molar-refractivity contribution in [2.45, 2.75) is 33.1 Å². The van der Waals surface area contributed by atoms with Crippen molar-refractivity contribution in [3.63, 3.8) is 0 Å². The Morgan fingerprint density at radius 1 is 1.38 bits per heavy atom. The molecule has 0 aromatic rings. The lowest BCUT2D eigenvalue weighted by Gasteiger charge is -2.06. The van der Waals surface area contributed by atoms with Gasteiger partial charge in [0.15, 0.2) is 5.96 Å². The van der Waals surface area contributed by atoms with E-state index in [1.165, 1.54) is 6.42 Å². The number of ether oxygens (including phenoxy) is 1. The Hall–Kier alpha value is -1.03. The zero-order chi connectivity index (χ0) is 12.2. The fourth-order valence-corrected chi connectivity index (χ4v) is 1.02. The smallest absolute Gasteiger partial charge is 0.188 e. The van der Waals surface area contributed by atoms with Crippen LogP contribution in [0.4, 0.5) is 0 Å². The predicted octanol–water partition coefficient (Wildman–Crippen LogP) is 1.67. The number of unbranched alkanes of at least 4 members (excludes halogenated alkanes) is 1. The van der Waals surface area contributed by atoms with Crippen LogP contribution in [-0.2, 0) is 4.74 Å². The van der Waals surface area contributed by atoms with Crippen LogP contribution in [0.2, 0.25) is 0 Å². The summed E-state index contributed by atoms with van der Waals surface area (Å²) in [6.45, 7) is 10.9. The molecule has 0 aromatic heterocycles. The number of nitrogens with one attached hydrogen (secondary N) is 1. The van der Waals surface area contributed by atoms with Gasteiger partial charge in [0.25, 0.3) is 0 Å². The molecule has 0 aliphatic heterocycles. The normalized spacial score (nSPS) is 11.5. The van der Waals surface area contributed by atoms with Gasteiger partial charge in [-0.05, 0) is 19.8 Å². The van der Waals surface area contributed by atoms with Crippen molar-refractivity contribution in [2.24, 2.45) is 10.7 Å². The zero-order valence-corrected chi connectivity index (χ0v) is 10.6. The molecule has 0 rings (SSSR count). The standard InChI is InChI=1S/C12H25N3O/c1-4-5-8-16-9-6-7-14-12(13)15-10-11(2)3/h2,4-10H2,1,3H3,(H3,13,14,15). The largest absolute Gasteiger partial charge is 0.381 e. The molecular weight excluding hydrogens is 202 g/mol. The maximum Gasteiger partial charge on any atom is 0.188 e. The van der Waals surface area contributed by atoms with Crippen molar-refractivity contribution in [3.05, 3.63) is 12.2 Å². The van der Waals surface area contributed by atoms with Crippen LogP contribution >= 0.6 is 0 Å². The molecule has 0 saturated heterocycles. The number of hydrogen-bond donors (Lipinski definition) is 2. The average molecular weight is 227 g/mol. The molecule has 0 radical (unpaired) electrons. The molecule has 0 saturated carbocycles. The third-order valence-electron chi connectivity index (χ3n) is 1.93. The van der Waals surface area contributed by atoms with Crippen molar-refractivity contribution in [1.82, 2.24) is 5.32 Å². The molecule has 0 atom stereocenters. The van der Waals surface area contributed by atoms with E-state index >= 15 is 0 Å². The van der Waals surface area contributed by atoms with Gasteiger partial charge in [-0.15, -0.1) is 0 Å². The molecule has 0 spiro atoms. The van der Waals surface area contributed by atoms with E-state index < -0.39 is 0 Å². The lowest BCUT2D eigenvalue weighted by Crippen LogP contribution is -2.33. The van der Waals surface area contributed by atoms with Crippen LogP contribution in [0.5, 0.6) is 0 Å². The van der Waals surface area contributed by atoms with E-state index in [-0.39, 0.29) is 0 Å². The van der Waals surface area contributed by atoms with Crippen LogP contribution in [0.1, 0.15) is 33.1 Å². The lowest BCUT2D eigenvalue weighted by atomic mass is 10.3. The second kappa shape index (κ2) is 10.5. The Balaban J connectivity index is 3.30. The van der Waals surface area contributed by atoms with Crippen LogP contribution in [0.25, 0.3) is 0 Å². The summed E-state index contributed by atoms with van der Waals surface area (Å²) in [6.07, 6.45) is 3.27. The highest BCUT2D eigenvalue weighted by Gasteiger charge is 1.92. The van der Waals surface area contributed by atoms with E-state index in [0.29, 0.717) is 12.5 Å². The van der Waals surface area contributed by atoms with Crippen molar-refractivity contribution >= 4 is 5.96 Å². The monoisotopic (exact) mass is 227 g/mol. The highest BCUT2D eigenvalue weighted by molar-refractivity contribution is 5.77. The van der Waals surface area contributed by atoms with Crippen LogP contribution in [0.15, 0.2) is 17.1 Å². The van der Waals surface area contributed by atoms with Gasteiger partial charge >= 0.3 is 0 Å². The minimum absolute atomic E-state index is 0.483. The zero-order valence-electron chi connectivity index (χ0n) is 10.6. The predicted molar refractivity (Wildman–Crippen MR) is 69.7 cm³/mol. The second-order valence-corrected chi connectivity index (χ2v) is 3.90. The first-order chi connectivity index (χ1) is 7.66. The molecule has 0 bridgehead atoms. The minimum Gasteiger partial charge on any atom is -0.381 e. The third-order valence-corrected chi connectivity index (χ3v) is 1.93. The molecule has 0 aliphatic carbocycles. The summed E-state index contributed by atoms with van der Waals surface area (Å²) < 4.78 is 5.42.